The summed E-state index contributed by atoms with van der Waals surface area (Å²) in [7, 11) is 1.66. The topological polar surface area (TPSA) is 238 Å². The fourth-order valence-electron chi connectivity index (χ4n) is 8.71. The Morgan fingerprint density at radius 2 is 1.64 bits per heavy atom. The molecule has 2 aliphatic rings. The van der Waals surface area contributed by atoms with E-state index in [0.717, 1.165) is 39.9 Å². The summed E-state index contributed by atoms with van der Waals surface area (Å²) in [5.41, 5.74) is 5.05. The number of likely N-dealkylation sites (tertiary alicyclic amines) is 1. The van der Waals surface area contributed by atoms with Crippen molar-refractivity contribution in [1.29, 1.82) is 0 Å². The van der Waals surface area contributed by atoms with E-state index in [2.05, 4.69) is 30.8 Å². The van der Waals surface area contributed by atoms with Gasteiger partial charge in [0.2, 0.25) is 23.7 Å². The summed E-state index contributed by atoms with van der Waals surface area (Å²) in [6, 6.07) is 13.1. The number of hydrogen-bond donors (Lipinski definition) is 4. The SMILES string of the molecule is CCC(=O)COc1cc2cc(Nc3nc(N4CCC(OCCOCCOCCOCC(=O)N[C@H](C(=O)N5C[C@H](O)C[C@H]5C(=O)NCc5ccc(-c6scnc6C)cc5)C(C)(C)C)CC4)ncc3Cl)ccc2n(C)c1=O. The van der Waals surface area contributed by atoms with Crippen LogP contribution in [0.5, 0.6) is 5.75 Å². The molecule has 5 heterocycles. The normalized spacial score (nSPS) is 16.5. The predicted octanol–water partition coefficient (Wildman–Crippen LogP) is 5.36. The molecular weight excluding hydrogens is 1010 g/mol. The van der Waals surface area contributed by atoms with Crippen molar-refractivity contribution in [2.75, 3.05) is 82.7 Å². The molecule has 0 saturated carbocycles. The van der Waals surface area contributed by atoms with Crippen molar-refractivity contribution in [3.63, 3.8) is 0 Å². The molecule has 22 heteroatoms. The number of hydrogen-bond acceptors (Lipinski definition) is 17. The monoisotopic (exact) mass is 1070 g/mol. The smallest absolute Gasteiger partial charge is 0.293 e. The summed E-state index contributed by atoms with van der Waals surface area (Å²) < 4.78 is 30.0. The highest BCUT2D eigenvalue weighted by molar-refractivity contribution is 7.13. The second-order valence-electron chi connectivity index (χ2n) is 19.6. The number of piperidine rings is 1. The number of aliphatic hydroxyl groups is 1. The Morgan fingerprint density at radius 1 is 0.933 bits per heavy atom. The zero-order valence-electron chi connectivity index (χ0n) is 43.4. The van der Waals surface area contributed by atoms with Crippen LogP contribution >= 0.6 is 22.9 Å². The number of thiazole rings is 1. The summed E-state index contributed by atoms with van der Waals surface area (Å²) in [5, 5.41) is 20.6. The molecule has 0 unspecified atom stereocenters. The van der Waals surface area contributed by atoms with Gasteiger partial charge in [0.25, 0.3) is 5.56 Å². The number of nitrogens with one attached hydrogen (secondary N) is 3. The lowest BCUT2D eigenvalue weighted by Gasteiger charge is -2.35. The van der Waals surface area contributed by atoms with E-state index in [-0.39, 0.29) is 75.0 Å². The number of carbonyl (C=O) groups is 4. The molecule has 0 aliphatic carbocycles. The van der Waals surface area contributed by atoms with E-state index in [4.69, 9.17) is 40.3 Å². The highest BCUT2D eigenvalue weighted by Gasteiger charge is 2.44. The van der Waals surface area contributed by atoms with Gasteiger partial charge >= 0.3 is 0 Å². The Morgan fingerprint density at radius 3 is 2.32 bits per heavy atom. The number of aryl methyl sites for hydroxylation is 2. The molecule has 3 atom stereocenters. The lowest BCUT2D eigenvalue weighted by molar-refractivity contribution is -0.144. The van der Waals surface area contributed by atoms with Crippen molar-refractivity contribution in [3.05, 3.63) is 86.9 Å². The largest absolute Gasteiger partial charge is 0.480 e. The Balaban J connectivity index is 0.750. The number of halogens is 1. The first kappa shape index (κ1) is 56.7. The van der Waals surface area contributed by atoms with E-state index in [0.29, 0.717) is 73.9 Å². The number of β-amino-alcohol motifs (C(OH)–C–C–N with tert-alkyl or cyclic N) is 1. The number of ether oxygens (including phenoxy) is 5. The Labute approximate surface area is 445 Å². The Hall–Kier alpha value is -6.07. The van der Waals surface area contributed by atoms with Crippen LogP contribution in [0.15, 0.2) is 65.0 Å². The van der Waals surface area contributed by atoms with E-state index in [1.807, 2.05) is 75.7 Å². The van der Waals surface area contributed by atoms with E-state index in [1.54, 1.807) is 37.6 Å². The molecule has 20 nitrogen and oxygen atoms in total. The van der Waals surface area contributed by atoms with Crippen LogP contribution in [0.1, 0.15) is 64.6 Å². The maximum Gasteiger partial charge on any atom is 0.293 e. The molecule has 0 spiro atoms. The minimum Gasteiger partial charge on any atom is -0.480 e. The first-order valence-electron chi connectivity index (χ1n) is 25.2. The molecule has 7 rings (SSSR count). The molecule has 0 radical (unpaired) electrons. The first-order valence-corrected chi connectivity index (χ1v) is 26.5. The summed E-state index contributed by atoms with van der Waals surface area (Å²) in [6.07, 6.45) is 2.69. The number of pyridine rings is 1. The number of amides is 3. The van der Waals surface area contributed by atoms with E-state index >= 15 is 0 Å². The zero-order chi connectivity index (χ0) is 53.6. The molecule has 404 valence electrons. The fourth-order valence-corrected chi connectivity index (χ4v) is 9.66. The Bertz CT molecular complexity index is 2820. The predicted molar refractivity (Wildman–Crippen MR) is 286 cm³/mol. The minimum atomic E-state index is -0.975. The van der Waals surface area contributed by atoms with Gasteiger partial charge in [-0.15, -0.1) is 11.3 Å². The standard InChI is InChI=1S/C53H68ClN9O11S/c1-7-38(64)30-74-44-25-36-24-37(12-13-42(36)61(6)50(44)68)58-48-41(54)28-56-52(60-48)62-16-14-40(15-17-62)73-23-22-71-19-18-70-20-21-72-31-45(66)59-47(53(3,4)5)51(69)63-29-39(65)26-43(63)49(67)55-27-34-8-10-35(11-9-34)46-33(2)57-32-75-46/h8-13,24-25,28,32,39-40,43,47,65H,7,14-23,26-27,29-31H2,1-6H3,(H,55,67)(H,59,66)(H,56,58,60)/t39-,43+,47-/m1/s1. The minimum absolute atomic E-state index is 0.0242. The number of benzene rings is 2. The van der Waals surface area contributed by atoms with Crippen molar-refractivity contribution >= 4 is 74.8 Å². The van der Waals surface area contributed by atoms with Crippen LogP contribution in [0.3, 0.4) is 0 Å². The zero-order valence-corrected chi connectivity index (χ0v) is 45.0. The Kier molecular flexibility index (Phi) is 20.1. The molecule has 3 aromatic heterocycles. The molecule has 2 saturated heterocycles. The van der Waals surface area contributed by atoms with Crippen molar-refractivity contribution < 1.29 is 48.0 Å². The number of aliphatic hydroxyl groups excluding tert-OH is 1. The van der Waals surface area contributed by atoms with Gasteiger partial charge in [-0.1, -0.05) is 63.6 Å². The number of rotatable bonds is 25. The van der Waals surface area contributed by atoms with E-state index < -0.39 is 35.4 Å². The number of Topliss-reactive ketones (excluding diaryl/α,β-unsaturated/α-hetero) is 1. The van der Waals surface area contributed by atoms with Crippen molar-refractivity contribution in [1.82, 2.24) is 35.1 Å². The quantitative estimate of drug-likeness (QED) is 0.0539. The van der Waals surface area contributed by atoms with E-state index in [1.165, 1.54) is 9.47 Å². The fraction of sp³-hybridized carbons (Fsp3) is 0.509. The average molecular weight is 1070 g/mol. The van der Waals surface area contributed by atoms with Gasteiger partial charge in [-0.25, -0.2) is 9.97 Å². The average Bonchev–Trinajstić information content (AvgIpc) is 4.02. The number of fused-ring (bicyclic) bond motifs is 1. The third kappa shape index (κ3) is 15.5. The second kappa shape index (κ2) is 26.6. The first-order chi connectivity index (χ1) is 36.0. The number of anilines is 3. The van der Waals surface area contributed by atoms with Gasteiger partial charge in [0.15, 0.2) is 17.4 Å². The molecular formula is C53H68ClN9O11S. The van der Waals surface area contributed by atoms with Crippen LogP contribution < -0.4 is 31.1 Å². The van der Waals surface area contributed by atoms with Gasteiger partial charge in [0, 0.05) is 57.1 Å². The van der Waals surface area contributed by atoms with Crippen LogP contribution in [0.4, 0.5) is 17.5 Å². The molecule has 75 heavy (non-hydrogen) atoms. The third-order valence-electron chi connectivity index (χ3n) is 13.0. The van der Waals surface area contributed by atoms with Gasteiger partial charge in [-0.2, -0.15) is 4.98 Å². The number of carbonyl (C=O) groups excluding carboxylic acids is 4. The molecule has 2 aromatic carbocycles. The van der Waals surface area contributed by atoms with Gasteiger partial charge < -0.3 is 59.1 Å². The molecule has 0 bridgehead atoms. The van der Waals surface area contributed by atoms with E-state index in [9.17, 15) is 29.1 Å². The maximum atomic E-state index is 14.0. The molecule has 2 aliphatic heterocycles. The summed E-state index contributed by atoms with van der Waals surface area (Å²) in [5.74, 6) is -0.356. The summed E-state index contributed by atoms with van der Waals surface area (Å²) >= 11 is 8.10. The van der Waals surface area contributed by atoms with Gasteiger partial charge in [0.1, 0.15) is 30.3 Å². The lowest BCUT2D eigenvalue weighted by atomic mass is 9.85. The highest BCUT2D eigenvalue weighted by Crippen LogP contribution is 2.31. The number of ketones is 1. The number of aromatic nitrogens is 4. The molecule has 2 fully saturated rings. The lowest BCUT2D eigenvalue weighted by Crippen LogP contribution is -2.58. The van der Waals surface area contributed by atoms with Crippen molar-refractivity contribution in [2.45, 2.75) is 91.1 Å². The third-order valence-corrected chi connectivity index (χ3v) is 14.2. The second-order valence-corrected chi connectivity index (χ2v) is 20.9. The summed E-state index contributed by atoms with van der Waals surface area (Å²) in [6.45, 7) is 12.2. The van der Waals surface area contributed by atoms with Crippen LogP contribution in [-0.4, -0.2) is 150 Å². The van der Waals surface area contributed by atoms with Crippen LogP contribution in [-0.2, 0) is 51.7 Å². The highest BCUT2D eigenvalue weighted by atomic mass is 35.5. The maximum absolute atomic E-state index is 14.0. The molecule has 3 amide bonds. The molecule has 5 aromatic rings. The summed E-state index contributed by atoms with van der Waals surface area (Å²) in [4.78, 5) is 83.1. The van der Waals surface area contributed by atoms with Gasteiger partial charge in [-0.3, -0.25) is 24.0 Å². The van der Waals surface area contributed by atoms with Crippen LogP contribution in [0, 0.1) is 12.3 Å². The van der Waals surface area contributed by atoms with Crippen LogP contribution in [0.2, 0.25) is 5.02 Å². The van der Waals surface area contributed by atoms with Crippen molar-refractivity contribution in [2.24, 2.45) is 12.5 Å². The number of nitrogens with zero attached hydrogens (tertiary/aromatic N) is 6. The van der Waals surface area contributed by atoms with Gasteiger partial charge in [-0.05, 0) is 60.6 Å². The van der Waals surface area contributed by atoms with Crippen LogP contribution in [0.25, 0.3) is 21.3 Å². The van der Waals surface area contributed by atoms with Gasteiger partial charge in [0.05, 0.1) is 79.6 Å². The molecule has 4 N–H and O–H groups in total. The van der Waals surface area contributed by atoms with Crippen molar-refractivity contribution in [3.8, 4) is 16.2 Å².